The third kappa shape index (κ3) is 3.07. The quantitative estimate of drug-likeness (QED) is 0.775. The monoisotopic (exact) mass is 261 g/mol. The van der Waals surface area contributed by atoms with Gasteiger partial charge in [0.25, 0.3) is 5.91 Å². The van der Waals surface area contributed by atoms with Crippen molar-refractivity contribution in [3.8, 4) is 0 Å². The Hall–Kier alpha value is -1.55. The SMILES string of the molecule is CNC(=O)c1ccc(C)c(NC2CCCC2CN)c1. The van der Waals surface area contributed by atoms with E-state index in [0.717, 1.165) is 24.2 Å². The molecule has 1 saturated carbocycles. The number of aryl methyl sites for hydroxylation is 1. The van der Waals surface area contributed by atoms with Crippen molar-refractivity contribution in [1.29, 1.82) is 0 Å². The molecule has 4 heteroatoms. The van der Waals surface area contributed by atoms with E-state index in [2.05, 4.69) is 17.6 Å². The lowest BCUT2D eigenvalue weighted by molar-refractivity contribution is 0.0963. The molecule has 1 aromatic carbocycles. The summed E-state index contributed by atoms with van der Waals surface area (Å²) in [7, 11) is 1.65. The third-order valence-electron chi connectivity index (χ3n) is 4.03. The number of nitrogens with two attached hydrogens (primary N) is 1. The molecule has 1 aliphatic rings. The molecule has 0 radical (unpaired) electrons. The van der Waals surface area contributed by atoms with Crippen LogP contribution < -0.4 is 16.4 Å². The highest BCUT2D eigenvalue weighted by Crippen LogP contribution is 2.29. The van der Waals surface area contributed by atoms with Crippen molar-refractivity contribution in [3.05, 3.63) is 29.3 Å². The predicted molar refractivity (Wildman–Crippen MR) is 78.4 cm³/mol. The van der Waals surface area contributed by atoms with Gasteiger partial charge in [-0.2, -0.15) is 0 Å². The van der Waals surface area contributed by atoms with E-state index < -0.39 is 0 Å². The second-order valence-corrected chi connectivity index (χ2v) is 5.29. The van der Waals surface area contributed by atoms with Gasteiger partial charge >= 0.3 is 0 Å². The lowest BCUT2D eigenvalue weighted by Gasteiger charge is -2.22. The van der Waals surface area contributed by atoms with Crippen LogP contribution in [0.3, 0.4) is 0 Å². The summed E-state index contributed by atoms with van der Waals surface area (Å²) >= 11 is 0. The van der Waals surface area contributed by atoms with Gasteiger partial charge in [0, 0.05) is 24.3 Å². The first-order valence-corrected chi connectivity index (χ1v) is 6.95. The van der Waals surface area contributed by atoms with Crippen LogP contribution in [0.25, 0.3) is 0 Å². The second kappa shape index (κ2) is 6.06. The van der Waals surface area contributed by atoms with E-state index in [1.807, 2.05) is 18.2 Å². The number of amides is 1. The number of benzene rings is 1. The van der Waals surface area contributed by atoms with Gasteiger partial charge in [-0.1, -0.05) is 12.5 Å². The molecule has 1 amide bonds. The molecule has 1 fully saturated rings. The standard InChI is InChI=1S/C15H23N3O/c1-10-6-7-11(15(19)17-2)8-14(10)18-13-5-3-4-12(13)9-16/h6-8,12-13,18H,3-5,9,16H2,1-2H3,(H,17,19). The molecule has 0 aliphatic heterocycles. The number of anilines is 1. The number of carbonyl (C=O) groups is 1. The molecule has 0 heterocycles. The summed E-state index contributed by atoms with van der Waals surface area (Å²) in [5.41, 5.74) is 8.71. The Morgan fingerprint density at radius 3 is 2.89 bits per heavy atom. The zero-order chi connectivity index (χ0) is 13.8. The molecule has 0 saturated heterocycles. The number of hydrogen-bond donors (Lipinski definition) is 3. The first kappa shape index (κ1) is 13.9. The topological polar surface area (TPSA) is 67.2 Å². The zero-order valence-electron chi connectivity index (χ0n) is 11.7. The van der Waals surface area contributed by atoms with E-state index in [9.17, 15) is 4.79 Å². The lowest BCUT2D eigenvalue weighted by Crippen LogP contribution is -2.30. The van der Waals surface area contributed by atoms with Crippen molar-refractivity contribution in [2.24, 2.45) is 11.7 Å². The molecule has 4 N–H and O–H groups in total. The highest BCUT2D eigenvalue weighted by Gasteiger charge is 2.26. The summed E-state index contributed by atoms with van der Waals surface area (Å²) in [4.78, 5) is 11.7. The summed E-state index contributed by atoms with van der Waals surface area (Å²) in [5, 5.41) is 6.22. The van der Waals surface area contributed by atoms with Gasteiger partial charge in [0.1, 0.15) is 0 Å². The minimum atomic E-state index is -0.0511. The first-order valence-electron chi connectivity index (χ1n) is 6.95. The normalized spacial score (nSPS) is 22.3. The summed E-state index contributed by atoms with van der Waals surface area (Å²) in [6.07, 6.45) is 3.58. The Morgan fingerprint density at radius 1 is 1.42 bits per heavy atom. The fourth-order valence-electron chi connectivity index (χ4n) is 2.77. The fourth-order valence-corrected chi connectivity index (χ4v) is 2.77. The largest absolute Gasteiger partial charge is 0.382 e. The van der Waals surface area contributed by atoms with Gasteiger partial charge in [-0.25, -0.2) is 0 Å². The van der Waals surface area contributed by atoms with Crippen molar-refractivity contribution in [1.82, 2.24) is 5.32 Å². The number of hydrogen-bond acceptors (Lipinski definition) is 3. The van der Waals surface area contributed by atoms with Crippen molar-refractivity contribution < 1.29 is 4.79 Å². The maximum absolute atomic E-state index is 11.7. The molecule has 0 spiro atoms. The van der Waals surface area contributed by atoms with Crippen molar-refractivity contribution in [2.45, 2.75) is 32.2 Å². The molecule has 4 nitrogen and oxygen atoms in total. The fraction of sp³-hybridized carbons (Fsp3) is 0.533. The second-order valence-electron chi connectivity index (χ2n) is 5.29. The van der Waals surface area contributed by atoms with Gasteiger partial charge in [-0.05, 0) is 49.9 Å². The molecule has 2 rings (SSSR count). The maximum Gasteiger partial charge on any atom is 0.251 e. The van der Waals surface area contributed by atoms with E-state index in [-0.39, 0.29) is 5.91 Å². The highest BCUT2D eigenvalue weighted by atomic mass is 16.1. The Bertz CT molecular complexity index is 459. The molecule has 1 aliphatic carbocycles. The van der Waals surface area contributed by atoms with Crippen LogP contribution in [0, 0.1) is 12.8 Å². The van der Waals surface area contributed by atoms with Crippen LogP contribution in [0.5, 0.6) is 0 Å². The summed E-state index contributed by atoms with van der Waals surface area (Å²) in [6.45, 7) is 2.79. The number of nitrogens with one attached hydrogen (secondary N) is 2. The van der Waals surface area contributed by atoms with Gasteiger partial charge in [-0.15, -0.1) is 0 Å². The molecule has 104 valence electrons. The van der Waals surface area contributed by atoms with E-state index in [4.69, 9.17) is 5.73 Å². The third-order valence-corrected chi connectivity index (χ3v) is 4.03. The van der Waals surface area contributed by atoms with Crippen molar-refractivity contribution in [3.63, 3.8) is 0 Å². The van der Waals surface area contributed by atoms with E-state index in [1.54, 1.807) is 7.05 Å². The van der Waals surface area contributed by atoms with Crippen LogP contribution in [-0.4, -0.2) is 25.5 Å². The first-order chi connectivity index (χ1) is 9.15. The zero-order valence-corrected chi connectivity index (χ0v) is 11.7. The molecular formula is C15H23N3O. The molecule has 2 atom stereocenters. The van der Waals surface area contributed by atoms with Crippen molar-refractivity contribution in [2.75, 3.05) is 18.9 Å². The van der Waals surface area contributed by atoms with Gasteiger partial charge in [-0.3, -0.25) is 4.79 Å². The average molecular weight is 261 g/mol. The van der Waals surface area contributed by atoms with Gasteiger partial charge in [0.05, 0.1) is 0 Å². The molecule has 0 aromatic heterocycles. The average Bonchev–Trinajstić information content (AvgIpc) is 2.87. The van der Waals surface area contributed by atoms with Crippen LogP contribution in [0.15, 0.2) is 18.2 Å². The number of carbonyl (C=O) groups excluding carboxylic acids is 1. The van der Waals surface area contributed by atoms with Crippen LogP contribution in [0.2, 0.25) is 0 Å². The van der Waals surface area contributed by atoms with Gasteiger partial charge in [0.2, 0.25) is 0 Å². The summed E-state index contributed by atoms with van der Waals surface area (Å²) in [5.74, 6) is 0.493. The van der Waals surface area contributed by atoms with Crippen LogP contribution in [0.1, 0.15) is 35.2 Å². The summed E-state index contributed by atoms with van der Waals surface area (Å²) < 4.78 is 0. The predicted octanol–water partition coefficient (Wildman–Crippen LogP) is 1.89. The van der Waals surface area contributed by atoms with Crippen molar-refractivity contribution >= 4 is 11.6 Å². The van der Waals surface area contributed by atoms with E-state index in [0.29, 0.717) is 17.5 Å². The smallest absolute Gasteiger partial charge is 0.251 e. The molecule has 2 unspecified atom stereocenters. The minimum Gasteiger partial charge on any atom is -0.382 e. The Kier molecular flexibility index (Phi) is 4.43. The highest BCUT2D eigenvalue weighted by molar-refractivity contribution is 5.95. The van der Waals surface area contributed by atoms with Gasteiger partial charge in [0.15, 0.2) is 0 Å². The minimum absolute atomic E-state index is 0.0511. The molecule has 1 aromatic rings. The van der Waals surface area contributed by atoms with E-state index >= 15 is 0 Å². The molecular weight excluding hydrogens is 238 g/mol. The maximum atomic E-state index is 11.7. The molecule has 0 bridgehead atoms. The lowest BCUT2D eigenvalue weighted by atomic mass is 10.0. The Morgan fingerprint density at radius 2 is 2.21 bits per heavy atom. The van der Waals surface area contributed by atoms with Crippen LogP contribution in [-0.2, 0) is 0 Å². The Labute approximate surface area is 114 Å². The number of rotatable bonds is 4. The van der Waals surface area contributed by atoms with Gasteiger partial charge < -0.3 is 16.4 Å². The van der Waals surface area contributed by atoms with Crippen LogP contribution in [0.4, 0.5) is 5.69 Å². The Balaban J connectivity index is 2.17. The van der Waals surface area contributed by atoms with E-state index in [1.165, 1.54) is 12.8 Å². The molecule has 19 heavy (non-hydrogen) atoms. The van der Waals surface area contributed by atoms with Crippen LogP contribution >= 0.6 is 0 Å². The summed E-state index contributed by atoms with van der Waals surface area (Å²) in [6, 6.07) is 6.21.